The molecule has 0 rings (SSSR count). The number of hydrogen-bond donors (Lipinski definition) is 1. The topological polar surface area (TPSA) is 84.8 Å². The van der Waals surface area contributed by atoms with E-state index in [2.05, 4.69) is 19.6 Å². The quantitative estimate of drug-likeness (QED) is 0.319. The van der Waals surface area contributed by atoms with Gasteiger partial charge in [0.15, 0.2) is 0 Å². The first-order chi connectivity index (χ1) is 11.5. The molecule has 0 fully saturated rings. The lowest BCUT2D eigenvalue weighted by Crippen LogP contribution is -2.50. The zero-order valence-corrected chi connectivity index (χ0v) is 17.2. The third-order valence-corrected chi connectivity index (χ3v) is 4.89. The minimum absolute atomic E-state index is 0.191. The Kier molecular flexibility index (Phi) is 22.7. The summed E-state index contributed by atoms with van der Waals surface area (Å²) >= 11 is 0. The molecule has 0 aliphatic rings. The highest BCUT2D eigenvalue weighted by atomic mass is 32.2. The maximum Gasteiger partial charge on any atom is 0.0945 e. The summed E-state index contributed by atoms with van der Waals surface area (Å²) in [4.78, 5) is 0. The predicted octanol–water partition coefficient (Wildman–Crippen LogP) is 4.65. The summed E-state index contributed by atoms with van der Waals surface area (Å²) in [7, 11) is -3.98. The molecule has 3 N–H and O–H groups in total. The van der Waals surface area contributed by atoms with Crippen LogP contribution in [0.15, 0.2) is 0 Å². The molecule has 0 aliphatic heterocycles. The maximum atomic E-state index is 10.3. The second kappa shape index (κ2) is 20.9. The molecule has 0 saturated heterocycles. The first-order valence-electron chi connectivity index (χ1n) is 10.2. The molecule has 0 saturated carbocycles. The van der Waals surface area contributed by atoms with Gasteiger partial charge in [0.25, 0.3) is 0 Å². The molecule has 0 amide bonds. The summed E-state index contributed by atoms with van der Waals surface area (Å²) in [5.41, 5.74) is 3.78. The van der Waals surface area contributed by atoms with Crippen LogP contribution in [0.3, 0.4) is 0 Å². The van der Waals surface area contributed by atoms with Crippen molar-refractivity contribution < 1.29 is 18.7 Å². The average Bonchev–Trinajstić information content (AvgIpc) is 2.53. The smallest absolute Gasteiger partial charge is 0.0945 e. The lowest BCUT2D eigenvalue weighted by atomic mass is 10.1. The van der Waals surface area contributed by atoms with E-state index in [9.17, 15) is 13.0 Å². The molecule has 0 aromatic carbocycles. The molecule has 5 heteroatoms. The second-order valence-electron chi connectivity index (χ2n) is 6.71. The van der Waals surface area contributed by atoms with E-state index in [1.807, 2.05) is 0 Å². The molecule has 0 heterocycles. The summed E-state index contributed by atoms with van der Waals surface area (Å²) in [5, 5.41) is 0. The molecule has 24 heavy (non-hydrogen) atoms. The van der Waals surface area contributed by atoms with Crippen molar-refractivity contribution in [3.05, 3.63) is 0 Å². The van der Waals surface area contributed by atoms with Crippen molar-refractivity contribution in [3.63, 3.8) is 0 Å². The van der Waals surface area contributed by atoms with Gasteiger partial charge in [-0.15, -0.1) is 0 Å². The van der Waals surface area contributed by atoms with E-state index in [4.69, 9.17) is 0 Å². The van der Waals surface area contributed by atoms with E-state index in [0.717, 1.165) is 19.4 Å². The second-order valence-corrected chi connectivity index (χ2v) is 8.24. The standard InChI is InChI=1S/C12H26O3S.C7H17N/c1-2-3-4-5-6-7-8-9-10-11-12-16(13,14)15;1-2-3-4-5-6-7-8/h2-12H2,1H3,(H,13,14,15);2-8H2,1H3. The van der Waals surface area contributed by atoms with Crippen molar-refractivity contribution in [1.82, 2.24) is 0 Å². The van der Waals surface area contributed by atoms with E-state index in [0.29, 0.717) is 6.42 Å². The van der Waals surface area contributed by atoms with Gasteiger partial charge >= 0.3 is 0 Å². The fraction of sp³-hybridized carbons (Fsp3) is 1.00. The minimum atomic E-state index is -3.98. The number of rotatable bonds is 16. The zero-order valence-electron chi connectivity index (χ0n) is 16.4. The van der Waals surface area contributed by atoms with Crippen LogP contribution in [0.25, 0.3) is 0 Å². The highest BCUT2D eigenvalue weighted by molar-refractivity contribution is 7.85. The Bertz CT molecular complexity index is 313. The van der Waals surface area contributed by atoms with Gasteiger partial charge in [0.1, 0.15) is 0 Å². The molecule has 0 bridgehead atoms. The fourth-order valence-electron chi connectivity index (χ4n) is 2.55. The van der Waals surface area contributed by atoms with Crippen LogP contribution in [0.2, 0.25) is 0 Å². The largest absolute Gasteiger partial charge is 0.748 e. The molecule has 0 spiro atoms. The maximum absolute atomic E-state index is 10.3. The van der Waals surface area contributed by atoms with Gasteiger partial charge in [-0.25, -0.2) is 8.42 Å². The Balaban J connectivity index is 0. The summed E-state index contributed by atoms with van der Waals surface area (Å²) in [5.74, 6) is -0.191. The van der Waals surface area contributed by atoms with Crippen LogP contribution in [0, 0.1) is 0 Å². The summed E-state index contributed by atoms with van der Waals surface area (Å²) < 4.78 is 30.9. The Morgan fingerprint density at radius 3 is 1.29 bits per heavy atom. The SMILES string of the molecule is CCCCCCCCCCCCS(=O)(=O)[O-].CCCCCCC[NH3+]. The van der Waals surface area contributed by atoms with E-state index < -0.39 is 10.1 Å². The molecule has 0 atom stereocenters. The first kappa shape index (κ1) is 26.1. The molecule has 0 radical (unpaired) electrons. The normalized spacial score (nSPS) is 11.2. The van der Waals surface area contributed by atoms with Crippen LogP contribution >= 0.6 is 0 Å². The van der Waals surface area contributed by atoms with Crippen molar-refractivity contribution in [2.45, 2.75) is 110 Å². The first-order valence-corrected chi connectivity index (χ1v) is 11.8. The molecule has 0 aliphatic carbocycles. The van der Waals surface area contributed by atoms with Gasteiger partial charge < -0.3 is 10.3 Å². The third kappa shape index (κ3) is 29.8. The van der Waals surface area contributed by atoms with Crippen molar-refractivity contribution in [1.29, 1.82) is 0 Å². The molecule has 0 aromatic rings. The van der Waals surface area contributed by atoms with Crippen LogP contribution in [0.4, 0.5) is 0 Å². The van der Waals surface area contributed by atoms with Crippen LogP contribution in [0.1, 0.15) is 110 Å². The van der Waals surface area contributed by atoms with E-state index >= 15 is 0 Å². The van der Waals surface area contributed by atoms with Gasteiger partial charge in [-0.3, -0.25) is 0 Å². The third-order valence-electron chi connectivity index (χ3n) is 4.10. The summed E-state index contributed by atoms with van der Waals surface area (Å²) in [6.07, 6.45) is 18.3. The van der Waals surface area contributed by atoms with Crippen LogP contribution in [0.5, 0.6) is 0 Å². The summed E-state index contributed by atoms with van der Waals surface area (Å²) in [6, 6.07) is 0. The lowest BCUT2D eigenvalue weighted by Gasteiger charge is -2.05. The van der Waals surface area contributed by atoms with Gasteiger partial charge in [0.2, 0.25) is 0 Å². The Morgan fingerprint density at radius 1 is 0.625 bits per heavy atom. The highest BCUT2D eigenvalue weighted by Gasteiger charge is 1.96. The Labute approximate surface area is 151 Å². The predicted molar refractivity (Wildman–Crippen MR) is 103 cm³/mol. The Morgan fingerprint density at radius 2 is 0.958 bits per heavy atom. The molecule has 148 valence electrons. The van der Waals surface area contributed by atoms with Crippen LogP contribution < -0.4 is 5.73 Å². The van der Waals surface area contributed by atoms with Crippen molar-refractivity contribution in [2.24, 2.45) is 0 Å². The van der Waals surface area contributed by atoms with Crippen molar-refractivity contribution in [3.8, 4) is 0 Å². The monoisotopic (exact) mass is 365 g/mol. The minimum Gasteiger partial charge on any atom is -0.748 e. The van der Waals surface area contributed by atoms with Gasteiger partial charge in [-0.05, 0) is 19.3 Å². The molecule has 4 nitrogen and oxygen atoms in total. The van der Waals surface area contributed by atoms with E-state index in [1.165, 1.54) is 77.0 Å². The van der Waals surface area contributed by atoms with E-state index in [-0.39, 0.29) is 5.75 Å². The lowest BCUT2D eigenvalue weighted by molar-refractivity contribution is -0.368. The molecular weight excluding hydrogens is 322 g/mol. The zero-order chi connectivity index (χ0) is 18.5. The van der Waals surface area contributed by atoms with Crippen LogP contribution in [-0.4, -0.2) is 25.3 Å². The van der Waals surface area contributed by atoms with Gasteiger partial charge in [0, 0.05) is 5.75 Å². The molecular formula is C19H43NO3S. The summed E-state index contributed by atoms with van der Waals surface area (Å²) in [6.45, 7) is 5.57. The Hall–Kier alpha value is -0.130. The molecule has 0 aromatic heterocycles. The average molecular weight is 366 g/mol. The number of hydrogen-bond acceptors (Lipinski definition) is 3. The number of quaternary nitrogens is 1. The number of unbranched alkanes of at least 4 members (excludes halogenated alkanes) is 13. The van der Waals surface area contributed by atoms with Crippen molar-refractivity contribution in [2.75, 3.05) is 12.3 Å². The molecule has 0 unspecified atom stereocenters. The van der Waals surface area contributed by atoms with Gasteiger partial charge in [-0.1, -0.05) is 90.9 Å². The van der Waals surface area contributed by atoms with Crippen LogP contribution in [-0.2, 0) is 10.1 Å². The van der Waals surface area contributed by atoms with E-state index in [1.54, 1.807) is 0 Å². The van der Waals surface area contributed by atoms with Gasteiger partial charge in [0.05, 0.1) is 16.7 Å². The van der Waals surface area contributed by atoms with Crippen molar-refractivity contribution >= 4 is 10.1 Å². The fourth-order valence-corrected chi connectivity index (χ4v) is 3.10. The van der Waals surface area contributed by atoms with Gasteiger partial charge in [-0.2, -0.15) is 0 Å². The highest BCUT2D eigenvalue weighted by Crippen LogP contribution is 2.10.